The number of thiazole rings is 1. The molecule has 1 atom stereocenters. The lowest BCUT2D eigenvalue weighted by Crippen LogP contribution is -2.28. The van der Waals surface area contributed by atoms with Crippen molar-refractivity contribution < 1.29 is 23.1 Å². The average Bonchev–Trinajstić information content (AvgIpc) is 2.84. The van der Waals surface area contributed by atoms with Crippen molar-refractivity contribution in [3.05, 3.63) is 34.5 Å². The first-order valence-corrected chi connectivity index (χ1v) is 9.14. The van der Waals surface area contributed by atoms with E-state index >= 15 is 0 Å². The Hall–Kier alpha value is -1.58. The number of nitrogens with one attached hydrogen (secondary N) is 1. The van der Waals surface area contributed by atoms with Gasteiger partial charge in [-0.2, -0.15) is 11.8 Å². The van der Waals surface area contributed by atoms with Gasteiger partial charge in [-0.3, -0.25) is 10.1 Å². The lowest BCUT2D eigenvalue weighted by atomic mass is 10.1. The Bertz CT molecular complexity index is 729. The number of aliphatic hydroxyl groups is 1. The second-order valence-electron chi connectivity index (χ2n) is 4.95. The second kappa shape index (κ2) is 8.00. The van der Waals surface area contributed by atoms with E-state index < -0.39 is 35.0 Å². The molecule has 2 rings (SSSR count). The van der Waals surface area contributed by atoms with Crippen molar-refractivity contribution in [2.45, 2.75) is 19.4 Å². The van der Waals surface area contributed by atoms with Gasteiger partial charge in [0, 0.05) is 17.0 Å². The number of hydrogen-bond donors (Lipinski definition) is 2. The van der Waals surface area contributed by atoms with Gasteiger partial charge in [-0.05, 0) is 25.4 Å². The van der Waals surface area contributed by atoms with Crippen LogP contribution in [0.3, 0.4) is 0 Å². The summed E-state index contributed by atoms with van der Waals surface area (Å²) in [4.78, 5) is 16.3. The molecule has 0 fully saturated rings. The molecule has 9 heteroatoms. The van der Waals surface area contributed by atoms with Crippen LogP contribution < -0.4 is 5.32 Å². The van der Waals surface area contributed by atoms with E-state index in [0.29, 0.717) is 22.8 Å². The molecular formula is C15H15F3N2O2S2. The Morgan fingerprint density at radius 2 is 2.00 bits per heavy atom. The third kappa shape index (κ3) is 4.28. The second-order valence-corrected chi connectivity index (χ2v) is 7.14. The summed E-state index contributed by atoms with van der Waals surface area (Å²) in [5.74, 6) is -3.18. The van der Waals surface area contributed by atoms with Crippen LogP contribution in [0.15, 0.2) is 12.1 Å². The van der Waals surface area contributed by atoms with Crippen molar-refractivity contribution >= 4 is 34.1 Å². The summed E-state index contributed by atoms with van der Waals surface area (Å²) in [5, 5.41) is 12.2. The maximum absolute atomic E-state index is 13.9. The van der Waals surface area contributed by atoms with Gasteiger partial charge >= 0.3 is 0 Å². The molecule has 0 bridgehead atoms. The summed E-state index contributed by atoms with van der Waals surface area (Å²) < 4.78 is 40.8. The van der Waals surface area contributed by atoms with E-state index in [1.54, 1.807) is 6.92 Å². The Kier molecular flexibility index (Phi) is 6.25. The maximum atomic E-state index is 13.9. The van der Waals surface area contributed by atoms with E-state index in [1.165, 1.54) is 11.8 Å². The Morgan fingerprint density at radius 1 is 1.38 bits per heavy atom. The number of aromatic nitrogens is 1. The summed E-state index contributed by atoms with van der Waals surface area (Å²) in [5.41, 5.74) is -0.461. The van der Waals surface area contributed by atoms with Crippen LogP contribution in [0.1, 0.15) is 11.3 Å². The van der Waals surface area contributed by atoms with Crippen LogP contribution in [-0.4, -0.2) is 34.1 Å². The fourth-order valence-corrected chi connectivity index (χ4v) is 3.28. The Morgan fingerprint density at radius 3 is 2.58 bits per heavy atom. The van der Waals surface area contributed by atoms with Crippen molar-refractivity contribution in [3.8, 4) is 11.3 Å². The minimum Gasteiger partial charge on any atom is -0.383 e. The van der Waals surface area contributed by atoms with Crippen LogP contribution in [0.2, 0.25) is 0 Å². The van der Waals surface area contributed by atoms with Gasteiger partial charge in [0.1, 0.15) is 23.6 Å². The van der Waals surface area contributed by atoms with Gasteiger partial charge in [-0.25, -0.2) is 18.2 Å². The number of hydrogen-bond acceptors (Lipinski definition) is 5. The van der Waals surface area contributed by atoms with Gasteiger partial charge in [0.2, 0.25) is 0 Å². The number of nitrogens with zero attached hydrogens (tertiary/aromatic N) is 1. The Labute approximate surface area is 145 Å². The van der Waals surface area contributed by atoms with E-state index in [0.717, 1.165) is 11.3 Å². The van der Waals surface area contributed by atoms with E-state index in [2.05, 4.69) is 10.3 Å². The molecule has 1 unspecified atom stereocenters. The topological polar surface area (TPSA) is 62.2 Å². The lowest BCUT2D eigenvalue weighted by molar-refractivity contribution is -0.124. The molecule has 1 amide bonds. The minimum absolute atomic E-state index is 0.0103. The van der Waals surface area contributed by atoms with Crippen LogP contribution in [0.25, 0.3) is 11.3 Å². The zero-order chi connectivity index (χ0) is 17.9. The highest BCUT2D eigenvalue weighted by molar-refractivity contribution is 7.98. The quantitative estimate of drug-likeness (QED) is 0.809. The highest BCUT2D eigenvalue weighted by Gasteiger charge is 2.21. The highest BCUT2D eigenvalue weighted by atomic mass is 32.2. The molecule has 0 saturated heterocycles. The van der Waals surface area contributed by atoms with Gasteiger partial charge < -0.3 is 5.11 Å². The van der Waals surface area contributed by atoms with Crippen molar-refractivity contribution in [2.75, 3.05) is 17.3 Å². The summed E-state index contributed by atoms with van der Waals surface area (Å²) in [6, 6.07) is 1.14. The predicted octanol–water partition coefficient (Wildman–Crippen LogP) is 3.59. The van der Waals surface area contributed by atoms with Crippen LogP contribution in [0.4, 0.5) is 18.3 Å². The van der Waals surface area contributed by atoms with Crippen LogP contribution >= 0.6 is 23.1 Å². The fraction of sp³-hybridized carbons (Fsp3) is 0.333. The number of carbonyl (C=O) groups excluding carboxylic acids is 1. The maximum Gasteiger partial charge on any atom is 0.255 e. The van der Waals surface area contributed by atoms with Gasteiger partial charge in [0.15, 0.2) is 5.13 Å². The van der Waals surface area contributed by atoms with Crippen LogP contribution in [0.5, 0.6) is 0 Å². The molecule has 0 spiro atoms. The molecule has 1 aromatic carbocycles. The third-order valence-corrected chi connectivity index (χ3v) is 4.70. The molecule has 0 saturated carbocycles. The lowest BCUT2D eigenvalue weighted by Gasteiger charge is -2.08. The number of halogens is 3. The first-order valence-electron chi connectivity index (χ1n) is 6.93. The molecule has 0 aliphatic carbocycles. The molecule has 2 N–H and O–H groups in total. The van der Waals surface area contributed by atoms with Gasteiger partial charge in [-0.15, -0.1) is 11.3 Å². The number of rotatable bonds is 6. The zero-order valence-electron chi connectivity index (χ0n) is 12.9. The van der Waals surface area contributed by atoms with Crippen molar-refractivity contribution in [1.29, 1.82) is 0 Å². The molecule has 0 radical (unpaired) electrons. The first kappa shape index (κ1) is 18.8. The molecule has 0 aliphatic rings. The molecular weight excluding hydrogens is 361 g/mol. The molecule has 4 nitrogen and oxygen atoms in total. The predicted molar refractivity (Wildman–Crippen MR) is 89.8 cm³/mol. The fourth-order valence-electron chi connectivity index (χ4n) is 2.00. The minimum atomic E-state index is -1.19. The first-order chi connectivity index (χ1) is 11.3. The number of aryl methyl sites for hydroxylation is 1. The van der Waals surface area contributed by atoms with Crippen molar-refractivity contribution in [2.24, 2.45) is 0 Å². The van der Waals surface area contributed by atoms with Crippen molar-refractivity contribution in [3.63, 3.8) is 0 Å². The van der Waals surface area contributed by atoms with E-state index in [9.17, 15) is 23.1 Å². The number of thioether (sulfide) groups is 1. The summed E-state index contributed by atoms with van der Waals surface area (Å²) in [6.45, 7) is 1.58. The molecule has 0 aliphatic heterocycles. The number of aliphatic hydroxyl groups excluding tert-OH is 1. The summed E-state index contributed by atoms with van der Waals surface area (Å²) in [7, 11) is 0. The number of amides is 1. The molecule has 1 aromatic heterocycles. The van der Waals surface area contributed by atoms with Crippen molar-refractivity contribution in [1.82, 2.24) is 4.98 Å². The Balaban J connectivity index is 2.24. The number of benzene rings is 1. The normalized spacial score (nSPS) is 12.2. The standard InChI is InChI=1S/C15H15F3N2O2S2/c1-7-13(12-9(17)5-8(16)6-10(12)18)19-15(24-7)20-14(22)11(21)3-4-23-2/h5-6,11,21H,3-4H2,1-2H3,(H,19,20,22). The number of carbonyl (C=O) groups is 1. The molecule has 130 valence electrons. The van der Waals surface area contributed by atoms with Gasteiger partial charge in [0.25, 0.3) is 5.91 Å². The summed E-state index contributed by atoms with van der Waals surface area (Å²) >= 11 is 2.51. The monoisotopic (exact) mass is 376 g/mol. The number of anilines is 1. The largest absolute Gasteiger partial charge is 0.383 e. The SMILES string of the molecule is CSCCC(O)C(=O)Nc1nc(-c2c(F)cc(F)cc2F)c(C)s1. The van der Waals surface area contributed by atoms with Gasteiger partial charge in [0.05, 0.1) is 11.3 Å². The third-order valence-electron chi connectivity index (χ3n) is 3.17. The highest BCUT2D eigenvalue weighted by Crippen LogP contribution is 2.34. The van der Waals surface area contributed by atoms with Gasteiger partial charge in [-0.1, -0.05) is 0 Å². The molecule has 2 aromatic rings. The van der Waals surface area contributed by atoms with Crippen LogP contribution in [-0.2, 0) is 4.79 Å². The average molecular weight is 376 g/mol. The molecule has 24 heavy (non-hydrogen) atoms. The smallest absolute Gasteiger partial charge is 0.255 e. The van der Waals surface area contributed by atoms with E-state index in [1.807, 2.05) is 6.26 Å². The van der Waals surface area contributed by atoms with E-state index in [4.69, 9.17) is 0 Å². The van der Waals surface area contributed by atoms with Crippen LogP contribution in [0, 0.1) is 24.4 Å². The zero-order valence-corrected chi connectivity index (χ0v) is 14.5. The molecule has 1 heterocycles. The summed E-state index contributed by atoms with van der Waals surface area (Å²) in [6.07, 6.45) is 0.947. The van der Waals surface area contributed by atoms with E-state index in [-0.39, 0.29) is 17.2 Å².